The van der Waals surface area contributed by atoms with Crippen molar-refractivity contribution in [2.24, 2.45) is 0 Å². The zero-order valence-corrected chi connectivity index (χ0v) is 29.4. The van der Waals surface area contributed by atoms with Crippen LogP contribution in [0.2, 0.25) is 0 Å². The summed E-state index contributed by atoms with van der Waals surface area (Å²) in [5, 5.41) is 0. The van der Waals surface area contributed by atoms with Crippen LogP contribution >= 0.6 is 0 Å². The maximum atomic E-state index is 6.76. The lowest BCUT2D eigenvalue weighted by Gasteiger charge is -2.26. The average Bonchev–Trinajstić information content (AvgIpc) is 3.13. The van der Waals surface area contributed by atoms with Crippen molar-refractivity contribution in [1.29, 1.82) is 0 Å². The molecule has 4 aromatic rings. The van der Waals surface area contributed by atoms with E-state index in [9.17, 15) is 0 Å². The van der Waals surface area contributed by atoms with E-state index in [-0.39, 0.29) is 0 Å². The van der Waals surface area contributed by atoms with Crippen LogP contribution in [0, 0.1) is 0 Å². The molecule has 0 heterocycles. The molecule has 5 rings (SSSR count). The molecule has 0 N–H and O–H groups in total. The van der Waals surface area contributed by atoms with Gasteiger partial charge in [0.2, 0.25) is 0 Å². The van der Waals surface area contributed by atoms with Gasteiger partial charge in [0.1, 0.15) is 36.1 Å². The molecule has 1 aliphatic carbocycles. The molecule has 48 heavy (non-hydrogen) atoms. The summed E-state index contributed by atoms with van der Waals surface area (Å²) >= 11 is 0. The third-order valence-electron chi connectivity index (χ3n) is 8.95. The fraction of sp³-hybridized carbons (Fsp3) is 0.279. The number of hydrogen-bond acceptors (Lipinski definition) is 4. The Bertz CT molecular complexity index is 1650. The van der Waals surface area contributed by atoms with Gasteiger partial charge in [0.15, 0.2) is 5.71 Å². The van der Waals surface area contributed by atoms with Gasteiger partial charge in [-0.2, -0.15) is 0 Å². The maximum Gasteiger partial charge on any atom is 0.199 e. The van der Waals surface area contributed by atoms with Gasteiger partial charge in [-0.05, 0) is 108 Å². The molecule has 0 atom stereocenters. The standard InChI is InChI=1S/C43H50N3O2/c1-7-44(8-2)34-25-23-33(24-26-34)43(39-29-27-35(45(9-3)10-4)31-41(39)47-37-19-15-13-16-20-37)40-30-28-36(46(11-5)12-6)32-42(40)48-38-21-17-14-18-22-38/h13-32H,7-12H2,1-6H3/q+1. The Morgan fingerprint density at radius 1 is 0.521 bits per heavy atom. The summed E-state index contributed by atoms with van der Waals surface area (Å²) in [5.41, 5.74) is 7.60. The van der Waals surface area contributed by atoms with Crippen molar-refractivity contribution in [3.8, 4) is 23.0 Å². The first-order valence-electron chi connectivity index (χ1n) is 17.5. The number of ether oxygens (including phenoxy) is 2. The van der Waals surface area contributed by atoms with Gasteiger partial charge in [0.05, 0.1) is 0 Å². The largest absolute Gasteiger partial charge is 0.457 e. The molecule has 0 unspecified atom stereocenters. The van der Waals surface area contributed by atoms with Crippen LogP contribution in [0.3, 0.4) is 0 Å². The van der Waals surface area contributed by atoms with E-state index < -0.39 is 0 Å². The lowest BCUT2D eigenvalue weighted by Crippen LogP contribution is -2.22. The van der Waals surface area contributed by atoms with Gasteiger partial charge >= 0.3 is 0 Å². The normalized spacial score (nSPS) is 12.2. The third-order valence-corrected chi connectivity index (χ3v) is 8.95. The molecule has 248 valence electrons. The van der Waals surface area contributed by atoms with E-state index in [1.807, 2.05) is 60.7 Å². The van der Waals surface area contributed by atoms with E-state index in [1.54, 1.807) is 0 Å². The molecule has 0 spiro atoms. The van der Waals surface area contributed by atoms with Crippen molar-refractivity contribution < 1.29 is 14.0 Å². The quantitative estimate of drug-likeness (QED) is 0.128. The SMILES string of the molecule is CCN(CC)c1ccc(C(=C2C=CC(=[N+](CC)CC)C=C2)c2ccc(N(CC)CC)cc2Oc2ccccc2)c(Oc2ccccc2)c1. The number of rotatable bonds is 14. The highest BCUT2D eigenvalue weighted by Gasteiger charge is 2.23. The average molecular weight is 641 g/mol. The zero-order valence-electron chi connectivity index (χ0n) is 29.4. The van der Waals surface area contributed by atoms with E-state index in [4.69, 9.17) is 9.47 Å². The fourth-order valence-corrected chi connectivity index (χ4v) is 6.29. The minimum Gasteiger partial charge on any atom is -0.457 e. The highest BCUT2D eigenvalue weighted by atomic mass is 16.5. The van der Waals surface area contributed by atoms with Crippen LogP contribution in [-0.4, -0.2) is 49.6 Å². The summed E-state index contributed by atoms with van der Waals surface area (Å²) in [6.07, 6.45) is 8.93. The minimum atomic E-state index is 0.796. The van der Waals surface area contributed by atoms with Crippen molar-refractivity contribution in [1.82, 2.24) is 0 Å². The van der Waals surface area contributed by atoms with Crippen molar-refractivity contribution in [3.63, 3.8) is 0 Å². The van der Waals surface area contributed by atoms with Crippen LogP contribution < -0.4 is 19.3 Å². The Hall–Kier alpha value is -5.03. The second-order valence-corrected chi connectivity index (χ2v) is 11.6. The number of anilines is 2. The Balaban J connectivity index is 1.79. The number of nitrogens with zero attached hydrogens (tertiary/aromatic N) is 3. The Labute approximate surface area is 287 Å². The molecular formula is C43H50N3O2+. The molecule has 0 fully saturated rings. The summed E-state index contributed by atoms with van der Waals surface area (Å²) in [5.74, 6) is 3.19. The predicted molar refractivity (Wildman–Crippen MR) is 204 cm³/mol. The maximum absolute atomic E-state index is 6.76. The molecular weight excluding hydrogens is 590 g/mol. The summed E-state index contributed by atoms with van der Waals surface area (Å²) in [6.45, 7) is 18.7. The molecule has 5 nitrogen and oxygen atoms in total. The van der Waals surface area contributed by atoms with Crippen molar-refractivity contribution in [2.75, 3.05) is 49.1 Å². The van der Waals surface area contributed by atoms with E-state index >= 15 is 0 Å². The van der Waals surface area contributed by atoms with Crippen LogP contribution in [0.5, 0.6) is 23.0 Å². The van der Waals surface area contributed by atoms with Gasteiger partial charge in [-0.25, -0.2) is 4.58 Å². The topological polar surface area (TPSA) is 27.9 Å². The molecule has 0 saturated heterocycles. The highest BCUT2D eigenvalue weighted by Crippen LogP contribution is 2.44. The molecule has 0 amide bonds. The molecule has 4 aromatic carbocycles. The molecule has 1 aliphatic rings. The second kappa shape index (κ2) is 16.7. The van der Waals surface area contributed by atoms with Crippen LogP contribution in [0.4, 0.5) is 11.4 Å². The zero-order chi connectivity index (χ0) is 33.9. The lowest BCUT2D eigenvalue weighted by atomic mass is 9.89. The number of allylic oxidation sites excluding steroid dienone is 5. The number of para-hydroxylation sites is 2. The fourth-order valence-electron chi connectivity index (χ4n) is 6.29. The summed E-state index contributed by atoms with van der Waals surface area (Å²) in [6, 6.07) is 33.3. The van der Waals surface area contributed by atoms with Crippen LogP contribution in [0.15, 0.2) is 127 Å². The second-order valence-electron chi connectivity index (χ2n) is 11.6. The first-order valence-corrected chi connectivity index (χ1v) is 17.5. The van der Waals surface area contributed by atoms with Gasteiger partial charge < -0.3 is 19.3 Å². The van der Waals surface area contributed by atoms with E-state index in [0.29, 0.717) is 0 Å². The van der Waals surface area contributed by atoms with Crippen molar-refractivity contribution in [3.05, 3.63) is 138 Å². The third kappa shape index (κ3) is 7.91. The van der Waals surface area contributed by atoms with Gasteiger partial charge in [-0.3, -0.25) is 0 Å². The van der Waals surface area contributed by atoms with Crippen LogP contribution in [0.1, 0.15) is 52.7 Å². The molecule has 5 heteroatoms. The van der Waals surface area contributed by atoms with Crippen LogP contribution in [-0.2, 0) is 0 Å². The summed E-state index contributed by atoms with van der Waals surface area (Å²) in [4.78, 5) is 4.70. The molecule has 0 radical (unpaired) electrons. The van der Waals surface area contributed by atoms with Gasteiger partial charge in [-0.1, -0.05) is 36.4 Å². The Kier molecular flexibility index (Phi) is 11.9. The molecule has 0 bridgehead atoms. The first kappa shape index (κ1) is 34.3. The molecule has 0 aromatic heterocycles. The van der Waals surface area contributed by atoms with Gasteiger partial charge in [0.25, 0.3) is 0 Å². The molecule has 0 aliphatic heterocycles. The van der Waals surface area contributed by atoms with Crippen LogP contribution in [0.25, 0.3) is 5.57 Å². The highest BCUT2D eigenvalue weighted by molar-refractivity contribution is 6.04. The summed E-state index contributed by atoms with van der Waals surface area (Å²) in [7, 11) is 0. The first-order chi connectivity index (χ1) is 23.5. The Morgan fingerprint density at radius 3 is 1.31 bits per heavy atom. The van der Waals surface area contributed by atoms with Gasteiger partial charge in [0, 0.05) is 78.5 Å². The minimum absolute atomic E-state index is 0.796. The lowest BCUT2D eigenvalue weighted by molar-refractivity contribution is -0.519. The Morgan fingerprint density at radius 2 is 0.938 bits per heavy atom. The number of benzene rings is 4. The van der Waals surface area contributed by atoms with Crippen molar-refractivity contribution >= 4 is 22.7 Å². The smallest absolute Gasteiger partial charge is 0.199 e. The van der Waals surface area contributed by atoms with Gasteiger partial charge in [-0.15, -0.1) is 0 Å². The van der Waals surface area contributed by atoms with E-state index in [0.717, 1.165) is 95.9 Å². The van der Waals surface area contributed by atoms with Crippen molar-refractivity contribution in [2.45, 2.75) is 41.5 Å². The summed E-state index contributed by atoms with van der Waals surface area (Å²) < 4.78 is 15.9. The van der Waals surface area contributed by atoms with E-state index in [2.05, 4.69) is 117 Å². The molecule has 0 saturated carbocycles. The van der Waals surface area contributed by atoms with E-state index in [1.165, 1.54) is 5.71 Å². The monoisotopic (exact) mass is 640 g/mol. The predicted octanol–water partition coefficient (Wildman–Crippen LogP) is 10.4. The number of hydrogen-bond donors (Lipinski definition) is 0.